The SMILES string of the molecule is CCCCN1C(=O)C(C#N)=C(C)/C(=C\c2cn(-c3ccccc3)nc2-c2ccc(OC)cc2)C1=O. The number of nitriles is 1. The summed E-state index contributed by atoms with van der Waals surface area (Å²) in [7, 11) is 1.61. The molecular formula is C28H26N4O3. The van der Waals surface area contributed by atoms with Gasteiger partial charge in [0.25, 0.3) is 11.8 Å². The molecule has 1 aliphatic rings. The molecule has 7 nitrogen and oxygen atoms in total. The Morgan fingerprint density at radius 2 is 1.77 bits per heavy atom. The van der Waals surface area contributed by atoms with Gasteiger partial charge in [-0.15, -0.1) is 0 Å². The lowest BCUT2D eigenvalue weighted by Crippen LogP contribution is -2.43. The Kier molecular flexibility index (Phi) is 6.93. The van der Waals surface area contributed by atoms with Crippen LogP contribution in [-0.2, 0) is 9.59 Å². The maximum absolute atomic E-state index is 13.4. The number of hydrogen-bond donors (Lipinski definition) is 0. The largest absolute Gasteiger partial charge is 0.497 e. The molecule has 3 aromatic rings. The Bertz CT molecular complexity index is 1360. The molecule has 35 heavy (non-hydrogen) atoms. The van der Waals surface area contributed by atoms with Crippen molar-refractivity contribution >= 4 is 17.9 Å². The van der Waals surface area contributed by atoms with E-state index in [9.17, 15) is 14.9 Å². The van der Waals surface area contributed by atoms with E-state index in [1.54, 1.807) is 24.8 Å². The molecule has 2 amide bonds. The van der Waals surface area contributed by atoms with Crippen molar-refractivity contribution < 1.29 is 14.3 Å². The number of amides is 2. The van der Waals surface area contributed by atoms with Gasteiger partial charge in [0.2, 0.25) is 0 Å². The van der Waals surface area contributed by atoms with Gasteiger partial charge in [-0.2, -0.15) is 10.4 Å². The van der Waals surface area contributed by atoms with E-state index in [1.165, 1.54) is 4.90 Å². The number of unbranched alkanes of at least 4 members (excludes halogenated alkanes) is 1. The summed E-state index contributed by atoms with van der Waals surface area (Å²) in [5.41, 5.74) is 3.77. The van der Waals surface area contributed by atoms with Crippen molar-refractivity contribution in [3.05, 3.63) is 83.1 Å². The maximum atomic E-state index is 13.4. The number of rotatable bonds is 7. The highest BCUT2D eigenvalue weighted by Crippen LogP contribution is 2.31. The number of methoxy groups -OCH3 is 1. The molecule has 1 aromatic heterocycles. The Morgan fingerprint density at radius 3 is 2.40 bits per heavy atom. The lowest BCUT2D eigenvalue weighted by molar-refractivity contribution is -0.140. The minimum absolute atomic E-state index is 0.00611. The molecular weight excluding hydrogens is 440 g/mol. The van der Waals surface area contributed by atoms with E-state index in [4.69, 9.17) is 9.84 Å². The first-order valence-corrected chi connectivity index (χ1v) is 11.5. The number of imide groups is 1. The molecule has 4 rings (SSSR count). The smallest absolute Gasteiger partial charge is 0.271 e. The van der Waals surface area contributed by atoms with Crippen LogP contribution in [0.25, 0.3) is 23.0 Å². The molecule has 0 fully saturated rings. The summed E-state index contributed by atoms with van der Waals surface area (Å²) < 4.78 is 7.03. The Labute approximate surface area is 204 Å². The molecule has 0 bridgehead atoms. The fourth-order valence-corrected chi connectivity index (χ4v) is 3.98. The fourth-order valence-electron chi connectivity index (χ4n) is 3.98. The van der Waals surface area contributed by atoms with Crippen LogP contribution in [0.1, 0.15) is 32.3 Å². The minimum Gasteiger partial charge on any atom is -0.497 e. The first-order valence-electron chi connectivity index (χ1n) is 11.5. The van der Waals surface area contributed by atoms with E-state index < -0.39 is 11.8 Å². The van der Waals surface area contributed by atoms with Crippen molar-refractivity contribution in [1.82, 2.24) is 14.7 Å². The van der Waals surface area contributed by atoms with Crippen LogP contribution in [-0.4, -0.2) is 40.1 Å². The third kappa shape index (κ3) is 4.64. The van der Waals surface area contributed by atoms with Crippen molar-refractivity contribution in [1.29, 1.82) is 5.26 Å². The zero-order valence-corrected chi connectivity index (χ0v) is 20.0. The number of ether oxygens (including phenoxy) is 1. The Hall–Kier alpha value is -4.44. The van der Waals surface area contributed by atoms with E-state index in [0.29, 0.717) is 28.8 Å². The molecule has 0 saturated heterocycles. The number of aromatic nitrogens is 2. The van der Waals surface area contributed by atoms with Crippen molar-refractivity contribution in [2.45, 2.75) is 26.7 Å². The predicted octanol–water partition coefficient (Wildman–Crippen LogP) is 4.94. The maximum Gasteiger partial charge on any atom is 0.271 e. The van der Waals surface area contributed by atoms with Crippen LogP contribution in [0.3, 0.4) is 0 Å². The second kappa shape index (κ2) is 10.2. The van der Waals surface area contributed by atoms with Crippen molar-refractivity contribution in [2.75, 3.05) is 13.7 Å². The highest BCUT2D eigenvalue weighted by molar-refractivity contribution is 6.19. The molecule has 0 spiro atoms. The molecule has 0 aliphatic carbocycles. The molecule has 0 N–H and O–H groups in total. The lowest BCUT2D eigenvalue weighted by Gasteiger charge is -2.27. The van der Waals surface area contributed by atoms with Crippen molar-refractivity contribution in [3.63, 3.8) is 0 Å². The van der Waals surface area contributed by atoms with Gasteiger partial charge in [-0.05, 0) is 61.4 Å². The van der Waals surface area contributed by atoms with Gasteiger partial charge >= 0.3 is 0 Å². The van der Waals surface area contributed by atoms with Crippen LogP contribution < -0.4 is 4.74 Å². The topological polar surface area (TPSA) is 88.2 Å². The van der Waals surface area contributed by atoms with Crippen LogP contribution in [0, 0.1) is 11.3 Å². The summed E-state index contributed by atoms with van der Waals surface area (Å²) in [5.74, 6) is -0.204. The van der Waals surface area contributed by atoms with Gasteiger partial charge in [-0.3, -0.25) is 14.5 Å². The minimum atomic E-state index is -0.532. The molecule has 176 valence electrons. The lowest BCUT2D eigenvalue weighted by atomic mass is 9.93. The van der Waals surface area contributed by atoms with Gasteiger partial charge in [0.1, 0.15) is 17.4 Å². The Morgan fingerprint density at radius 1 is 1.06 bits per heavy atom. The molecule has 1 aliphatic heterocycles. The van der Waals surface area contributed by atoms with Crippen LogP contribution in [0.5, 0.6) is 5.75 Å². The number of benzene rings is 2. The number of nitrogens with zero attached hydrogens (tertiary/aromatic N) is 4. The summed E-state index contributed by atoms with van der Waals surface area (Å²) in [6.07, 6.45) is 5.07. The molecule has 0 saturated carbocycles. The quantitative estimate of drug-likeness (QED) is 0.364. The molecule has 0 atom stereocenters. The summed E-state index contributed by atoms with van der Waals surface area (Å²) >= 11 is 0. The fraction of sp³-hybridized carbons (Fsp3) is 0.214. The first-order chi connectivity index (χ1) is 17.0. The average molecular weight is 467 g/mol. The standard InChI is InChI=1S/C28H26N4O3/c1-4-5-15-31-27(33)24(19(2)25(17-29)28(31)34)16-21-18-32(22-9-7-6-8-10-22)30-26(21)20-11-13-23(35-3)14-12-20/h6-14,16,18H,4-5,15H2,1-3H3/b24-16+. The summed E-state index contributed by atoms with van der Waals surface area (Å²) in [6.45, 7) is 3.91. The molecule has 2 aromatic carbocycles. The monoisotopic (exact) mass is 466 g/mol. The van der Waals surface area contributed by atoms with Crippen LogP contribution in [0.4, 0.5) is 0 Å². The first kappa shape index (κ1) is 23.7. The second-order valence-electron chi connectivity index (χ2n) is 8.23. The third-order valence-electron chi connectivity index (χ3n) is 5.99. The molecule has 0 radical (unpaired) electrons. The molecule has 0 unspecified atom stereocenters. The highest BCUT2D eigenvalue weighted by Gasteiger charge is 2.35. The zero-order chi connectivity index (χ0) is 24.9. The summed E-state index contributed by atoms with van der Waals surface area (Å²) in [6, 6.07) is 19.2. The number of carbonyl (C=O) groups is 2. The van der Waals surface area contributed by atoms with Crippen LogP contribution in [0.15, 0.2) is 77.5 Å². The van der Waals surface area contributed by atoms with E-state index in [2.05, 4.69) is 0 Å². The van der Waals surface area contributed by atoms with Crippen molar-refractivity contribution in [2.24, 2.45) is 0 Å². The van der Waals surface area contributed by atoms with Crippen molar-refractivity contribution in [3.8, 4) is 28.8 Å². The normalized spacial score (nSPS) is 15.0. The summed E-state index contributed by atoms with van der Waals surface area (Å²) in [4.78, 5) is 27.3. The van der Waals surface area contributed by atoms with E-state index in [1.807, 2.05) is 73.8 Å². The van der Waals surface area contributed by atoms with E-state index in [0.717, 1.165) is 23.4 Å². The van der Waals surface area contributed by atoms with Gasteiger partial charge in [-0.1, -0.05) is 31.5 Å². The van der Waals surface area contributed by atoms with E-state index >= 15 is 0 Å². The number of carbonyl (C=O) groups excluding carboxylic acids is 2. The number of para-hydroxylation sites is 1. The predicted molar refractivity (Wildman–Crippen MR) is 133 cm³/mol. The van der Waals surface area contributed by atoms with Gasteiger partial charge < -0.3 is 4.74 Å². The van der Waals surface area contributed by atoms with Gasteiger partial charge in [-0.25, -0.2) is 4.68 Å². The number of hydrogen-bond acceptors (Lipinski definition) is 5. The van der Waals surface area contributed by atoms with Gasteiger partial charge in [0.05, 0.1) is 18.5 Å². The van der Waals surface area contributed by atoms with Gasteiger partial charge in [0, 0.05) is 29.4 Å². The summed E-state index contributed by atoms with van der Waals surface area (Å²) in [5, 5.41) is 14.5. The molecule has 2 heterocycles. The van der Waals surface area contributed by atoms with E-state index in [-0.39, 0.29) is 12.1 Å². The van der Waals surface area contributed by atoms with Crippen LogP contribution in [0.2, 0.25) is 0 Å². The molecule has 7 heteroatoms. The highest BCUT2D eigenvalue weighted by atomic mass is 16.5. The zero-order valence-electron chi connectivity index (χ0n) is 20.0. The second-order valence-corrected chi connectivity index (χ2v) is 8.23. The third-order valence-corrected chi connectivity index (χ3v) is 5.99. The van der Waals surface area contributed by atoms with Crippen LogP contribution >= 0.6 is 0 Å². The Balaban J connectivity index is 1.88. The van der Waals surface area contributed by atoms with Gasteiger partial charge in [0.15, 0.2) is 0 Å². The average Bonchev–Trinajstić information content (AvgIpc) is 3.31.